The van der Waals surface area contributed by atoms with E-state index < -0.39 is 23.8 Å². The molecule has 1 amide bonds. The number of hydrogen-bond acceptors (Lipinski definition) is 2. The molecular formula is C18H13F2NO2. The summed E-state index contributed by atoms with van der Waals surface area (Å²) in [5.74, 6) is -1.02. The number of benzene rings is 2. The Balaban J connectivity index is 1.83. The van der Waals surface area contributed by atoms with Gasteiger partial charge in [0.15, 0.2) is 0 Å². The van der Waals surface area contributed by atoms with Crippen LogP contribution in [0.4, 0.5) is 13.6 Å². The van der Waals surface area contributed by atoms with Crippen LogP contribution in [0.3, 0.4) is 0 Å². The number of carbonyl (C=O) groups excluding carboxylic acids is 1. The molecule has 2 aliphatic heterocycles. The third-order valence-electron chi connectivity index (χ3n) is 4.29. The van der Waals surface area contributed by atoms with E-state index in [-0.39, 0.29) is 18.2 Å². The van der Waals surface area contributed by atoms with Gasteiger partial charge in [-0.15, -0.1) is 0 Å². The summed E-state index contributed by atoms with van der Waals surface area (Å²) in [4.78, 5) is 13.6. The predicted octanol–water partition coefficient (Wildman–Crippen LogP) is 3.92. The van der Waals surface area contributed by atoms with Gasteiger partial charge in [0, 0.05) is 5.56 Å². The van der Waals surface area contributed by atoms with Crippen LogP contribution in [0, 0.1) is 11.6 Å². The first-order valence-electron chi connectivity index (χ1n) is 7.32. The van der Waals surface area contributed by atoms with Crippen molar-refractivity contribution in [3.8, 4) is 0 Å². The van der Waals surface area contributed by atoms with E-state index in [0.717, 1.165) is 23.8 Å². The topological polar surface area (TPSA) is 29.5 Å². The Labute approximate surface area is 131 Å². The van der Waals surface area contributed by atoms with E-state index in [0.29, 0.717) is 5.57 Å². The number of amides is 1. The quantitative estimate of drug-likeness (QED) is 0.841. The molecular weight excluding hydrogens is 300 g/mol. The summed E-state index contributed by atoms with van der Waals surface area (Å²) >= 11 is 0. The Bertz CT molecular complexity index is 804. The van der Waals surface area contributed by atoms with Gasteiger partial charge in [0.05, 0.1) is 12.1 Å². The van der Waals surface area contributed by atoms with E-state index in [1.165, 1.54) is 0 Å². The van der Waals surface area contributed by atoms with Gasteiger partial charge >= 0.3 is 6.09 Å². The Morgan fingerprint density at radius 1 is 1.09 bits per heavy atom. The van der Waals surface area contributed by atoms with Gasteiger partial charge in [0.2, 0.25) is 0 Å². The lowest BCUT2D eigenvalue weighted by atomic mass is 9.99. The van der Waals surface area contributed by atoms with Crippen molar-refractivity contribution >= 4 is 11.7 Å². The van der Waals surface area contributed by atoms with E-state index in [1.54, 1.807) is 4.90 Å². The summed E-state index contributed by atoms with van der Waals surface area (Å²) in [6, 6.07) is 12.0. The third-order valence-corrected chi connectivity index (χ3v) is 4.29. The minimum atomic E-state index is -0.512. The fourth-order valence-corrected chi connectivity index (χ4v) is 3.24. The molecule has 2 aromatic rings. The molecule has 2 aromatic carbocycles. The lowest BCUT2D eigenvalue weighted by molar-refractivity contribution is 0.153. The highest BCUT2D eigenvalue weighted by molar-refractivity contribution is 5.83. The average molecular weight is 313 g/mol. The molecule has 1 fully saturated rings. The molecule has 23 heavy (non-hydrogen) atoms. The Morgan fingerprint density at radius 2 is 1.87 bits per heavy atom. The van der Waals surface area contributed by atoms with Crippen molar-refractivity contribution < 1.29 is 18.3 Å². The fraction of sp³-hybridized carbons (Fsp3) is 0.167. The van der Waals surface area contributed by atoms with Gasteiger partial charge in [-0.25, -0.2) is 13.6 Å². The summed E-state index contributed by atoms with van der Waals surface area (Å²) in [5.41, 5.74) is 1.67. The van der Waals surface area contributed by atoms with Crippen LogP contribution >= 0.6 is 0 Å². The Hall–Kier alpha value is -2.69. The normalized spacial score (nSPS) is 22.8. The largest absolute Gasteiger partial charge is 0.447 e. The minimum Gasteiger partial charge on any atom is -0.447 e. The van der Waals surface area contributed by atoms with Crippen LogP contribution in [0.1, 0.15) is 17.2 Å². The van der Waals surface area contributed by atoms with Crippen molar-refractivity contribution in [3.05, 3.63) is 77.4 Å². The van der Waals surface area contributed by atoms with Gasteiger partial charge in [-0.2, -0.15) is 0 Å². The van der Waals surface area contributed by atoms with Crippen LogP contribution in [0.2, 0.25) is 0 Å². The lowest BCUT2D eigenvalue weighted by Crippen LogP contribution is -2.31. The van der Waals surface area contributed by atoms with E-state index in [1.807, 2.05) is 36.4 Å². The molecule has 5 heteroatoms. The summed E-state index contributed by atoms with van der Waals surface area (Å²) in [6.45, 7) is 0.143. The number of ether oxygens (including phenoxy) is 1. The predicted molar refractivity (Wildman–Crippen MR) is 80.5 cm³/mol. The first-order chi connectivity index (χ1) is 11.1. The summed E-state index contributed by atoms with van der Waals surface area (Å²) < 4.78 is 32.8. The standard InChI is InChI=1S/C18H13F2NO2/c19-12-6-7-15(20)13(8-12)14-9-16(11-4-2-1-3-5-11)21-17(14)10-23-18(21)22/h1-9,16-17H,10H2/t16-,17-/m1/s1. The minimum absolute atomic E-state index is 0.143. The molecule has 2 aliphatic rings. The molecule has 0 N–H and O–H groups in total. The zero-order chi connectivity index (χ0) is 16.0. The van der Waals surface area contributed by atoms with Gasteiger partial charge in [-0.05, 0) is 29.3 Å². The van der Waals surface area contributed by atoms with Crippen LogP contribution in [-0.4, -0.2) is 23.6 Å². The highest BCUT2D eigenvalue weighted by Gasteiger charge is 2.45. The monoisotopic (exact) mass is 313 g/mol. The van der Waals surface area contributed by atoms with Crippen LogP contribution < -0.4 is 0 Å². The Kier molecular flexibility index (Phi) is 3.15. The molecule has 0 radical (unpaired) electrons. The van der Waals surface area contributed by atoms with Crippen molar-refractivity contribution in [2.24, 2.45) is 0 Å². The molecule has 116 valence electrons. The molecule has 4 rings (SSSR count). The van der Waals surface area contributed by atoms with Crippen molar-refractivity contribution in [1.29, 1.82) is 0 Å². The van der Waals surface area contributed by atoms with Gasteiger partial charge in [0.1, 0.15) is 18.2 Å². The van der Waals surface area contributed by atoms with Crippen LogP contribution in [0.5, 0.6) is 0 Å². The second-order valence-electron chi connectivity index (χ2n) is 5.60. The van der Waals surface area contributed by atoms with Gasteiger partial charge < -0.3 is 4.74 Å². The first-order valence-corrected chi connectivity index (χ1v) is 7.32. The SMILES string of the molecule is O=C1OC[C@@H]2C(c3cc(F)ccc3F)=C[C@H](c3ccccc3)N12. The molecule has 0 spiro atoms. The maximum absolute atomic E-state index is 14.2. The van der Waals surface area contributed by atoms with Gasteiger partial charge in [-0.1, -0.05) is 36.4 Å². The summed E-state index contributed by atoms with van der Waals surface area (Å²) in [7, 11) is 0. The van der Waals surface area contributed by atoms with E-state index in [2.05, 4.69) is 0 Å². The number of rotatable bonds is 2. The number of cyclic esters (lactones) is 1. The molecule has 0 aliphatic carbocycles. The number of hydrogen-bond donors (Lipinski definition) is 0. The van der Waals surface area contributed by atoms with Crippen molar-refractivity contribution in [1.82, 2.24) is 4.90 Å². The van der Waals surface area contributed by atoms with Crippen molar-refractivity contribution in [2.75, 3.05) is 6.61 Å². The summed E-state index contributed by atoms with van der Waals surface area (Å²) in [5, 5.41) is 0. The molecule has 0 bridgehead atoms. The summed E-state index contributed by atoms with van der Waals surface area (Å²) in [6.07, 6.45) is 1.38. The molecule has 0 aromatic heterocycles. The van der Waals surface area contributed by atoms with E-state index in [9.17, 15) is 13.6 Å². The Morgan fingerprint density at radius 3 is 2.65 bits per heavy atom. The van der Waals surface area contributed by atoms with Gasteiger partial charge in [-0.3, -0.25) is 4.90 Å². The van der Waals surface area contributed by atoms with Crippen molar-refractivity contribution in [2.45, 2.75) is 12.1 Å². The van der Waals surface area contributed by atoms with E-state index >= 15 is 0 Å². The highest BCUT2D eigenvalue weighted by atomic mass is 19.1. The third kappa shape index (κ3) is 2.20. The highest BCUT2D eigenvalue weighted by Crippen LogP contribution is 2.43. The molecule has 0 saturated carbocycles. The van der Waals surface area contributed by atoms with Crippen LogP contribution in [-0.2, 0) is 4.74 Å². The zero-order valence-electron chi connectivity index (χ0n) is 12.1. The number of fused-ring (bicyclic) bond motifs is 1. The fourth-order valence-electron chi connectivity index (χ4n) is 3.24. The number of halogens is 2. The van der Waals surface area contributed by atoms with E-state index in [4.69, 9.17) is 4.74 Å². The number of carbonyl (C=O) groups is 1. The molecule has 2 atom stereocenters. The second kappa shape index (κ2) is 5.19. The maximum atomic E-state index is 14.2. The lowest BCUT2D eigenvalue weighted by Gasteiger charge is -2.22. The van der Waals surface area contributed by atoms with Crippen LogP contribution in [0.15, 0.2) is 54.6 Å². The molecule has 3 nitrogen and oxygen atoms in total. The average Bonchev–Trinajstić information content (AvgIpc) is 3.12. The molecule has 0 unspecified atom stereocenters. The molecule has 1 saturated heterocycles. The van der Waals surface area contributed by atoms with Crippen molar-refractivity contribution in [3.63, 3.8) is 0 Å². The first kappa shape index (κ1) is 13.9. The van der Waals surface area contributed by atoms with Gasteiger partial charge in [0.25, 0.3) is 0 Å². The smallest absolute Gasteiger partial charge is 0.411 e. The maximum Gasteiger partial charge on any atom is 0.411 e. The second-order valence-corrected chi connectivity index (χ2v) is 5.60. The number of nitrogens with zero attached hydrogens (tertiary/aromatic N) is 1. The zero-order valence-corrected chi connectivity index (χ0v) is 12.1. The molecule has 2 heterocycles. The van der Waals surface area contributed by atoms with Crippen LogP contribution in [0.25, 0.3) is 5.57 Å².